The third-order valence-electron chi connectivity index (χ3n) is 3.20. The van der Waals surface area contributed by atoms with Crippen molar-refractivity contribution in [1.82, 2.24) is 0 Å². The highest BCUT2D eigenvalue weighted by Gasteiger charge is 2.30. The van der Waals surface area contributed by atoms with Crippen LogP contribution < -0.4 is 0 Å². The lowest BCUT2D eigenvalue weighted by atomic mass is 9.92. The summed E-state index contributed by atoms with van der Waals surface area (Å²) in [4.78, 5) is 12.2. The van der Waals surface area contributed by atoms with E-state index in [2.05, 4.69) is 0 Å². The molecule has 2 aromatic carbocycles. The second-order valence-corrected chi connectivity index (χ2v) is 4.89. The monoisotopic (exact) mass is 260 g/mol. The van der Waals surface area contributed by atoms with Crippen LogP contribution in [0, 0.1) is 6.92 Å². The van der Waals surface area contributed by atoms with Gasteiger partial charge in [0, 0.05) is 22.9 Å². The Balaban J connectivity index is 2.26. The first-order valence-corrected chi connectivity index (χ1v) is 6.10. The minimum atomic E-state index is -0.414. The Kier molecular flexibility index (Phi) is 1.83. The third-order valence-corrected chi connectivity index (χ3v) is 3.43. The van der Waals surface area contributed by atoms with Crippen molar-refractivity contribution in [3.8, 4) is 0 Å². The van der Waals surface area contributed by atoms with E-state index in [4.69, 9.17) is 17.1 Å². The average molecular weight is 261 g/mol. The van der Waals surface area contributed by atoms with Gasteiger partial charge in [-0.15, -0.1) is 0 Å². The van der Waals surface area contributed by atoms with Crippen molar-refractivity contribution < 1.29 is 10.3 Å². The summed E-state index contributed by atoms with van der Waals surface area (Å²) in [5.41, 5.74) is 1.99. The van der Waals surface area contributed by atoms with Crippen LogP contribution in [0.25, 0.3) is 0 Å². The van der Waals surface area contributed by atoms with Gasteiger partial charge in [0.15, 0.2) is 5.78 Å². The van der Waals surface area contributed by atoms with Crippen molar-refractivity contribution in [3.63, 3.8) is 0 Å². The van der Waals surface area contributed by atoms with Gasteiger partial charge in [0.05, 0.1) is 5.48 Å². The van der Waals surface area contributed by atoms with Crippen LogP contribution in [0.3, 0.4) is 0 Å². The van der Waals surface area contributed by atoms with Crippen LogP contribution >= 0.6 is 11.6 Å². The van der Waals surface area contributed by atoms with Crippen LogP contribution in [0.4, 0.5) is 0 Å². The molecule has 3 rings (SSSR count). The van der Waals surface area contributed by atoms with Crippen molar-refractivity contribution in [2.45, 2.75) is 19.3 Å². The van der Waals surface area contributed by atoms with E-state index in [1.165, 1.54) is 0 Å². The molecule has 90 valence electrons. The molecule has 0 fully saturated rings. The Hall–Kier alpha value is -1.60. The Labute approximate surface area is 117 Å². The van der Waals surface area contributed by atoms with Crippen LogP contribution in [0.5, 0.6) is 0 Å². The number of halogens is 1. The zero-order valence-electron chi connectivity index (χ0n) is 13.8. The second kappa shape index (κ2) is 4.25. The number of carbonyl (C=O) groups is 1. The molecular weight excluding hydrogens is 244 g/mol. The Bertz CT molecular complexity index is 787. The van der Waals surface area contributed by atoms with Crippen molar-refractivity contribution in [1.29, 1.82) is 0 Å². The molecule has 0 aliphatic heterocycles. The minimum Gasteiger partial charge on any atom is -0.294 e. The molecule has 2 aromatic rings. The largest absolute Gasteiger partial charge is 0.294 e. The molecule has 1 aliphatic carbocycles. The van der Waals surface area contributed by atoms with E-state index in [9.17, 15) is 4.79 Å². The number of Topliss-reactive ketones (excluding diaryl/α,β-unsaturated/α-hetero) is 1. The molecule has 0 saturated carbocycles. The number of ketones is 1. The SMILES string of the molecule is [2H]c1c([2H])c(C)c([2H])c([C@@H]2CC(=O)c3cc(Cl)ccc32)c1[2H]. The fourth-order valence-corrected chi connectivity index (χ4v) is 2.54. The Morgan fingerprint density at radius 3 is 3.06 bits per heavy atom. The lowest BCUT2D eigenvalue weighted by Crippen LogP contribution is -1.97. The summed E-state index contributed by atoms with van der Waals surface area (Å²) >= 11 is 5.94. The maximum atomic E-state index is 12.2. The van der Waals surface area contributed by atoms with E-state index >= 15 is 0 Å². The summed E-state index contributed by atoms with van der Waals surface area (Å²) in [6.45, 7) is 1.60. The second-order valence-electron chi connectivity index (χ2n) is 4.45. The third kappa shape index (κ3) is 1.85. The summed E-state index contributed by atoms with van der Waals surface area (Å²) < 4.78 is 32.0. The molecule has 18 heavy (non-hydrogen) atoms. The number of fused-ring (bicyclic) bond motifs is 1. The highest BCUT2D eigenvalue weighted by atomic mass is 35.5. The quantitative estimate of drug-likeness (QED) is 0.744. The van der Waals surface area contributed by atoms with Gasteiger partial charge in [-0.05, 0) is 30.2 Å². The molecule has 2 heteroatoms. The van der Waals surface area contributed by atoms with E-state index in [1.807, 2.05) is 0 Å². The topological polar surface area (TPSA) is 17.1 Å². The molecule has 0 bridgehead atoms. The summed E-state index contributed by atoms with van der Waals surface area (Å²) in [6, 6.07) is 4.69. The van der Waals surface area contributed by atoms with Gasteiger partial charge in [0.2, 0.25) is 0 Å². The average Bonchev–Trinajstić information content (AvgIpc) is 2.80. The van der Waals surface area contributed by atoms with Crippen molar-refractivity contribution >= 4 is 17.4 Å². The van der Waals surface area contributed by atoms with Crippen molar-refractivity contribution in [2.24, 2.45) is 0 Å². The highest BCUT2D eigenvalue weighted by molar-refractivity contribution is 6.31. The van der Waals surface area contributed by atoms with Gasteiger partial charge in [-0.25, -0.2) is 0 Å². The molecule has 0 saturated heterocycles. The first kappa shape index (κ1) is 7.75. The summed E-state index contributed by atoms with van der Waals surface area (Å²) in [5.74, 6) is -0.483. The fraction of sp³-hybridized carbons (Fsp3) is 0.188. The van der Waals surface area contributed by atoms with E-state index in [-0.39, 0.29) is 36.4 Å². The smallest absolute Gasteiger partial charge is 0.164 e. The lowest BCUT2D eigenvalue weighted by molar-refractivity contribution is 0.0991. The van der Waals surface area contributed by atoms with Gasteiger partial charge in [0.25, 0.3) is 0 Å². The summed E-state index contributed by atoms with van der Waals surface area (Å²) in [5, 5.41) is 0.476. The number of hydrogen-bond acceptors (Lipinski definition) is 1. The molecular formula is C16H13ClO. The minimum absolute atomic E-state index is 0.0690. The van der Waals surface area contributed by atoms with Gasteiger partial charge in [0.1, 0.15) is 0 Å². The molecule has 0 spiro atoms. The van der Waals surface area contributed by atoms with Gasteiger partial charge in [-0.3, -0.25) is 4.79 Å². The van der Waals surface area contributed by atoms with Crippen LogP contribution in [0.2, 0.25) is 5.02 Å². The highest BCUT2D eigenvalue weighted by Crippen LogP contribution is 2.39. The van der Waals surface area contributed by atoms with Crippen molar-refractivity contribution in [2.75, 3.05) is 0 Å². The Morgan fingerprint density at radius 1 is 1.39 bits per heavy atom. The molecule has 0 radical (unpaired) electrons. The van der Waals surface area contributed by atoms with Crippen LogP contribution in [0.1, 0.15) is 44.9 Å². The molecule has 0 N–H and O–H groups in total. The van der Waals surface area contributed by atoms with Crippen molar-refractivity contribution in [3.05, 3.63) is 69.6 Å². The number of rotatable bonds is 1. The normalized spacial score (nSPS) is 21.0. The van der Waals surface area contributed by atoms with E-state index in [1.54, 1.807) is 25.1 Å². The van der Waals surface area contributed by atoms with E-state index < -0.39 is 5.92 Å². The number of carbonyl (C=O) groups excluding carboxylic acids is 1. The molecule has 1 atom stereocenters. The fourth-order valence-electron chi connectivity index (χ4n) is 2.37. The predicted octanol–water partition coefficient (Wildman–Crippen LogP) is 4.37. The summed E-state index contributed by atoms with van der Waals surface area (Å²) in [7, 11) is 0. The number of hydrogen-bond donors (Lipinski definition) is 0. The van der Waals surface area contributed by atoms with E-state index in [0.717, 1.165) is 5.56 Å². The molecule has 0 unspecified atom stereocenters. The molecule has 0 aromatic heterocycles. The maximum absolute atomic E-state index is 12.2. The van der Waals surface area contributed by atoms with Crippen LogP contribution in [-0.4, -0.2) is 5.78 Å². The zero-order chi connectivity index (χ0) is 16.2. The van der Waals surface area contributed by atoms with Gasteiger partial charge in [-0.2, -0.15) is 0 Å². The molecule has 0 heterocycles. The molecule has 0 amide bonds. The first-order valence-electron chi connectivity index (χ1n) is 7.72. The van der Waals surface area contributed by atoms with Crippen LogP contribution in [-0.2, 0) is 0 Å². The predicted molar refractivity (Wildman–Crippen MR) is 73.4 cm³/mol. The number of benzene rings is 2. The zero-order valence-corrected chi connectivity index (χ0v) is 10.6. The van der Waals surface area contributed by atoms with Crippen LogP contribution in [0.15, 0.2) is 42.4 Å². The van der Waals surface area contributed by atoms with E-state index in [0.29, 0.717) is 21.7 Å². The molecule has 1 aliphatic rings. The van der Waals surface area contributed by atoms with Gasteiger partial charge >= 0.3 is 0 Å². The lowest BCUT2D eigenvalue weighted by Gasteiger charge is -2.11. The standard InChI is InChI=1S/C16H13ClO/c1-10-3-2-4-11(7-10)14-9-16(18)15-8-12(17)5-6-13(14)15/h2-8,14H,9H2,1H3/t14-/m0/s1/i2D,3D,4D,7D. The van der Waals surface area contributed by atoms with Gasteiger partial charge < -0.3 is 0 Å². The van der Waals surface area contributed by atoms with Gasteiger partial charge in [-0.1, -0.05) is 47.4 Å². The first-order chi connectivity index (χ1) is 10.3. The maximum Gasteiger partial charge on any atom is 0.164 e. The summed E-state index contributed by atoms with van der Waals surface area (Å²) in [6.07, 6.45) is 0.170. The Morgan fingerprint density at radius 2 is 2.22 bits per heavy atom. The molecule has 1 nitrogen and oxygen atoms in total.